The van der Waals surface area contributed by atoms with E-state index in [1.54, 1.807) is 0 Å². The van der Waals surface area contributed by atoms with E-state index < -0.39 is 18.2 Å². The second-order valence-electron chi connectivity index (χ2n) is 20.1. The highest BCUT2D eigenvalue weighted by molar-refractivity contribution is 5.77. The molecule has 3 N–H and O–H groups in total. The van der Waals surface area contributed by atoms with E-state index in [-0.39, 0.29) is 24.9 Å². The summed E-state index contributed by atoms with van der Waals surface area (Å²) in [6, 6.07) is -0.706. The molecule has 0 fully saturated rings. The molecular weight excluding hydrogens is 803 g/mol. The van der Waals surface area contributed by atoms with Crippen LogP contribution in [0.1, 0.15) is 316 Å². The minimum Gasteiger partial charge on any atom is -0.462 e. The van der Waals surface area contributed by atoms with Crippen molar-refractivity contribution in [3.63, 3.8) is 0 Å². The number of carbonyl (C=O) groups excluding carboxylic acids is 2. The van der Waals surface area contributed by atoms with Crippen molar-refractivity contribution < 1.29 is 24.5 Å². The third-order valence-electron chi connectivity index (χ3n) is 13.6. The van der Waals surface area contributed by atoms with Gasteiger partial charge in [-0.15, -0.1) is 0 Å². The zero-order valence-corrected chi connectivity index (χ0v) is 43.9. The van der Waals surface area contributed by atoms with Gasteiger partial charge in [-0.05, 0) is 51.4 Å². The number of ether oxygens (including phenoxy) is 1. The molecule has 0 bridgehead atoms. The number of aliphatic hydroxyl groups is 2. The van der Waals surface area contributed by atoms with E-state index >= 15 is 0 Å². The predicted octanol–water partition coefficient (Wildman–Crippen LogP) is 17.9. The molecule has 1 amide bonds. The summed E-state index contributed by atoms with van der Waals surface area (Å²) < 4.78 is 5.95. The number of allylic oxidation sites excluding steroid dienone is 4. The van der Waals surface area contributed by atoms with Crippen LogP contribution in [-0.2, 0) is 14.3 Å². The molecular formula is C59H113NO5. The van der Waals surface area contributed by atoms with Gasteiger partial charge < -0.3 is 20.3 Å². The molecule has 384 valence electrons. The van der Waals surface area contributed by atoms with Crippen molar-refractivity contribution in [3.8, 4) is 0 Å². The first-order valence-electron chi connectivity index (χ1n) is 29.1. The Morgan fingerprint density at radius 1 is 0.446 bits per heavy atom. The lowest BCUT2D eigenvalue weighted by Gasteiger charge is -2.24. The van der Waals surface area contributed by atoms with E-state index in [9.17, 15) is 19.8 Å². The van der Waals surface area contributed by atoms with Crippen LogP contribution < -0.4 is 5.32 Å². The Labute approximate surface area is 405 Å². The quantitative estimate of drug-likeness (QED) is 0.0321. The van der Waals surface area contributed by atoms with Crippen molar-refractivity contribution in [1.82, 2.24) is 5.32 Å². The van der Waals surface area contributed by atoms with Gasteiger partial charge in [0.2, 0.25) is 5.91 Å². The van der Waals surface area contributed by atoms with E-state index in [2.05, 4.69) is 50.4 Å². The Hall–Kier alpha value is -1.66. The average Bonchev–Trinajstić information content (AvgIpc) is 3.30. The summed E-state index contributed by atoms with van der Waals surface area (Å²) in [6.45, 7) is 6.50. The van der Waals surface area contributed by atoms with Crippen LogP contribution in [0.15, 0.2) is 24.3 Å². The number of aliphatic hydroxyl groups excluding tert-OH is 2. The smallest absolute Gasteiger partial charge is 0.306 e. The van der Waals surface area contributed by atoms with E-state index in [0.717, 1.165) is 70.6 Å². The molecule has 0 radical (unpaired) electrons. The fourth-order valence-corrected chi connectivity index (χ4v) is 9.13. The van der Waals surface area contributed by atoms with Crippen LogP contribution in [0.25, 0.3) is 0 Å². The van der Waals surface area contributed by atoms with Gasteiger partial charge in [0.15, 0.2) is 0 Å². The molecule has 0 heterocycles. The zero-order chi connectivity index (χ0) is 47.4. The minimum absolute atomic E-state index is 0.0655. The average molecular weight is 917 g/mol. The number of nitrogens with one attached hydrogen (secondary N) is 1. The lowest BCUT2D eigenvalue weighted by molar-refractivity contribution is -0.151. The SMILES string of the molecule is CCCCCCCCC/C=C/C=C/CCCCCC(CC(=O)NC(CO)C(O)CCCCCCCCCCCCC)OC(=O)CCCCCCCCCCCCCCCCCCCCC. The summed E-state index contributed by atoms with van der Waals surface area (Å²) in [7, 11) is 0. The number of esters is 1. The van der Waals surface area contributed by atoms with E-state index in [1.807, 2.05) is 0 Å². The van der Waals surface area contributed by atoms with Crippen molar-refractivity contribution in [2.24, 2.45) is 0 Å². The first-order chi connectivity index (χ1) is 32.0. The van der Waals surface area contributed by atoms with Gasteiger partial charge in [0.1, 0.15) is 6.10 Å². The molecule has 3 atom stereocenters. The van der Waals surface area contributed by atoms with Crippen LogP contribution in [0.5, 0.6) is 0 Å². The number of rotatable bonds is 53. The molecule has 6 heteroatoms. The van der Waals surface area contributed by atoms with Crippen LogP contribution in [0.4, 0.5) is 0 Å². The minimum atomic E-state index is -0.791. The second-order valence-corrected chi connectivity index (χ2v) is 20.1. The van der Waals surface area contributed by atoms with Gasteiger partial charge in [-0.3, -0.25) is 9.59 Å². The highest BCUT2D eigenvalue weighted by Gasteiger charge is 2.24. The molecule has 3 unspecified atom stereocenters. The number of hydrogen-bond acceptors (Lipinski definition) is 5. The van der Waals surface area contributed by atoms with Crippen molar-refractivity contribution in [1.29, 1.82) is 0 Å². The standard InChI is InChI=1S/C59H113NO5/c1-4-7-10-13-16-19-22-24-26-28-29-30-32-34-37-40-43-46-49-52-59(64)65-55(50-47-44-41-38-36-33-31-27-25-23-20-17-14-11-8-5-2)53-58(63)60-56(54-61)57(62)51-48-45-42-39-35-21-18-15-12-9-6-3/h27,31,33,36,55-57,61-62H,4-26,28-30,32,34-35,37-54H2,1-3H3,(H,60,63)/b31-27+,36-33+. The van der Waals surface area contributed by atoms with E-state index in [0.29, 0.717) is 19.3 Å². The third kappa shape index (κ3) is 48.6. The van der Waals surface area contributed by atoms with Crippen molar-refractivity contribution in [2.75, 3.05) is 6.61 Å². The number of amides is 1. The van der Waals surface area contributed by atoms with Crippen LogP contribution in [-0.4, -0.2) is 46.9 Å². The van der Waals surface area contributed by atoms with E-state index in [1.165, 1.54) is 199 Å². The predicted molar refractivity (Wildman–Crippen MR) is 283 cm³/mol. The second kappa shape index (κ2) is 53.3. The molecule has 0 aliphatic heterocycles. The monoisotopic (exact) mass is 916 g/mol. The zero-order valence-electron chi connectivity index (χ0n) is 43.9. The number of unbranched alkanes of at least 4 members (excludes halogenated alkanes) is 38. The fraction of sp³-hybridized carbons (Fsp3) is 0.898. The van der Waals surface area contributed by atoms with Gasteiger partial charge in [-0.2, -0.15) is 0 Å². The molecule has 65 heavy (non-hydrogen) atoms. The maximum atomic E-state index is 13.2. The fourth-order valence-electron chi connectivity index (χ4n) is 9.13. The van der Waals surface area contributed by atoms with E-state index in [4.69, 9.17) is 4.74 Å². The summed E-state index contributed by atoms with van der Waals surface area (Å²) >= 11 is 0. The van der Waals surface area contributed by atoms with Gasteiger partial charge in [0, 0.05) is 6.42 Å². The largest absolute Gasteiger partial charge is 0.462 e. The number of carbonyl (C=O) groups is 2. The molecule has 0 saturated heterocycles. The highest BCUT2D eigenvalue weighted by Crippen LogP contribution is 2.19. The maximum absolute atomic E-state index is 13.2. The van der Waals surface area contributed by atoms with Gasteiger partial charge in [0.05, 0.1) is 25.2 Å². The Morgan fingerprint density at radius 3 is 1.15 bits per heavy atom. The molecule has 0 aromatic carbocycles. The van der Waals surface area contributed by atoms with Crippen LogP contribution in [0.2, 0.25) is 0 Å². The molecule has 0 aliphatic carbocycles. The third-order valence-corrected chi connectivity index (χ3v) is 13.6. The molecule has 0 spiro atoms. The van der Waals surface area contributed by atoms with Gasteiger partial charge in [-0.1, -0.05) is 276 Å². The Kier molecular flexibility index (Phi) is 51.9. The maximum Gasteiger partial charge on any atom is 0.306 e. The molecule has 0 rings (SSSR count). The Morgan fingerprint density at radius 2 is 0.769 bits per heavy atom. The molecule has 6 nitrogen and oxygen atoms in total. The lowest BCUT2D eigenvalue weighted by Crippen LogP contribution is -2.46. The summed E-state index contributed by atoms with van der Waals surface area (Å²) in [4.78, 5) is 26.3. The van der Waals surface area contributed by atoms with Crippen LogP contribution in [0, 0.1) is 0 Å². The van der Waals surface area contributed by atoms with Gasteiger partial charge in [0.25, 0.3) is 0 Å². The Balaban J connectivity index is 4.53. The summed E-state index contributed by atoms with van der Waals surface area (Å²) in [5.74, 6) is -0.481. The van der Waals surface area contributed by atoms with Crippen molar-refractivity contribution in [3.05, 3.63) is 24.3 Å². The van der Waals surface area contributed by atoms with Gasteiger partial charge in [-0.25, -0.2) is 0 Å². The topological polar surface area (TPSA) is 95.9 Å². The Bertz CT molecular complexity index is 1030. The summed E-state index contributed by atoms with van der Waals surface area (Å²) in [5, 5.41) is 23.8. The highest BCUT2D eigenvalue weighted by atomic mass is 16.5. The van der Waals surface area contributed by atoms with Crippen molar-refractivity contribution in [2.45, 2.75) is 334 Å². The first-order valence-corrected chi connectivity index (χ1v) is 29.1. The van der Waals surface area contributed by atoms with Crippen molar-refractivity contribution >= 4 is 11.9 Å². The van der Waals surface area contributed by atoms with Gasteiger partial charge >= 0.3 is 5.97 Å². The van der Waals surface area contributed by atoms with Crippen LogP contribution >= 0.6 is 0 Å². The molecule has 0 aromatic rings. The lowest BCUT2D eigenvalue weighted by atomic mass is 10.0. The number of hydrogen-bond donors (Lipinski definition) is 3. The molecule has 0 aliphatic rings. The summed E-state index contributed by atoms with van der Waals surface area (Å²) in [5.41, 5.74) is 0. The summed E-state index contributed by atoms with van der Waals surface area (Å²) in [6.07, 6.45) is 62.5. The van der Waals surface area contributed by atoms with Crippen LogP contribution in [0.3, 0.4) is 0 Å². The first kappa shape index (κ1) is 63.3. The normalized spacial score (nSPS) is 13.2. The molecule has 0 saturated carbocycles. The molecule has 0 aromatic heterocycles.